The van der Waals surface area contributed by atoms with Gasteiger partial charge < -0.3 is 10.2 Å². The lowest BCUT2D eigenvalue weighted by Crippen LogP contribution is -2.40. The summed E-state index contributed by atoms with van der Waals surface area (Å²) in [6.07, 6.45) is 3.80. The zero-order valence-corrected chi connectivity index (χ0v) is 11.6. The molecule has 0 spiro atoms. The van der Waals surface area contributed by atoms with E-state index in [9.17, 15) is 9.18 Å². The summed E-state index contributed by atoms with van der Waals surface area (Å²) in [5, 5.41) is 3.29. The average molecular weight is 276 g/mol. The van der Waals surface area contributed by atoms with Crippen LogP contribution in [0.1, 0.15) is 37.3 Å². The number of likely N-dealkylation sites (tertiary alicyclic amines) is 1. The normalized spacial score (nSPS) is 24.1. The number of benzene rings is 1. The van der Waals surface area contributed by atoms with Gasteiger partial charge in [-0.25, -0.2) is 4.39 Å². The van der Waals surface area contributed by atoms with Crippen molar-refractivity contribution in [1.29, 1.82) is 0 Å². The molecule has 0 saturated carbocycles. The quantitative estimate of drug-likeness (QED) is 0.900. The molecule has 1 amide bonds. The zero-order chi connectivity index (χ0) is 13.9. The second-order valence-electron chi connectivity index (χ2n) is 5.77. The van der Waals surface area contributed by atoms with Crippen LogP contribution in [0.15, 0.2) is 24.3 Å². The largest absolute Gasteiger partial charge is 0.335 e. The minimum absolute atomic E-state index is 0.0630. The molecule has 108 valence electrons. The number of nitrogens with one attached hydrogen (secondary N) is 1. The van der Waals surface area contributed by atoms with Gasteiger partial charge in [-0.1, -0.05) is 12.1 Å². The fourth-order valence-electron chi connectivity index (χ4n) is 3.39. The molecule has 20 heavy (non-hydrogen) atoms. The summed E-state index contributed by atoms with van der Waals surface area (Å²) < 4.78 is 13.4. The van der Waals surface area contributed by atoms with Crippen molar-refractivity contribution in [2.75, 3.05) is 19.6 Å². The van der Waals surface area contributed by atoms with Gasteiger partial charge in [-0.15, -0.1) is 0 Å². The van der Waals surface area contributed by atoms with Crippen molar-refractivity contribution in [2.45, 2.75) is 31.7 Å². The van der Waals surface area contributed by atoms with Crippen LogP contribution in [0, 0.1) is 11.7 Å². The topological polar surface area (TPSA) is 32.3 Å². The van der Waals surface area contributed by atoms with Crippen molar-refractivity contribution in [3.8, 4) is 0 Å². The maximum Gasteiger partial charge on any atom is 0.226 e. The van der Waals surface area contributed by atoms with Gasteiger partial charge in [-0.2, -0.15) is 0 Å². The molecule has 2 aliphatic rings. The van der Waals surface area contributed by atoms with Gasteiger partial charge in [0.05, 0.1) is 6.04 Å². The Morgan fingerprint density at radius 1 is 1.25 bits per heavy atom. The van der Waals surface area contributed by atoms with Crippen molar-refractivity contribution < 1.29 is 9.18 Å². The van der Waals surface area contributed by atoms with Crippen LogP contribution < -0.4 is 5.32 Å². The van der Waals surface area contributed by atoms with Crippen molar-refractivity contribution in [3.63, 3.8) is 0 Å². The van der Waals surface area contributed by atoms with Crippen molar-refractivity contribution in [2.24, 2.45) is 5.92 Å². The van der Waals surface area contributed by atoms with E-state index in [2.05, 4.69) is 5.32 Å². The Morgan fingerprint density at radius 3 is 2.80 bits per heavy atom. The number of nitrogens with zero attached hydrogens (tertiary/aromatic N) is 1. The molecule has 1 atom stereocenters. The van der Waals surface area contributed by atoms with Gasteiger partial charge in [0.1, 0.15) is 5.82 Å². The number of hydrogen-bond donors (Lipinski definition) is 1. The van der Waals surface area contributed by atoms with Crippen LogP contribution in [0.3, 0.4) is 0 Å². The van der Waals surface area contributed by atoms with Crippen LogP contribution in [0.4, 0.5) is 4.39 Å². The molecular weight excluding hydrogens is 255 g/mol. The predicted molar refractivity (Wildman–Crippen MR) is 75.7 cm³/mol. The third-order valence-corrected chi connectivity index (χ3v) is 4.46. The molecule has 2 aliphatic heterocycles. The maximum atomic E-state index is 13.4. The van der Waals surface area contributed by atoms with Gasteiger partial charge in [0, 0.05) is 12.5 Å². The van der Waals surface area contributed by atoms with E-state index in [0.29, 0.717) is 0 Å². The first-order valence-corrected chi connectivity index (χ1v) is 7.52. The Morgan fingerprint density at radius 2 is 2.05 bits per heavy atom. The Labute approximate surface area is 119 Å². The average Bonchev–Trinajstić information content (AvgIpc) is 2.97. The van der Waals surface area contributed by atoms with E-state index in [1.807, 2.05) is 11.0 Å². The highest BCUT2D eigenvalue weighted by atomic mass is 19.1. The van der Waals surface area contributed by atoms with E-state index >= 15 is 0 Å². The van der Waals surface area contributed by atoms with Crippen molar-refractivity contribution in [1.82, 2.24) is 10.2 Å². The molecule has 1 aromatic rings. The van der Waals surface area contributed by atoms with Crippen molar-refractivity contribution in [3.05, 3.63) is 35.6 Å². The van der Waals surface area contributed by atoms with Crippen molar-refractivity contribution >= 4 is 5.91 Å². The van der Waals surface area contributed by atoms with Gasteiger partial charge in [0.2, 0.25) is 5.91 Å². The summed E-state index contributed by atoms with van der Waals surface area (Å²) in [6.45, 7) is 2.66. The summed E-state index contributed by atoms with van der Waals surface area (Å²) in [5.41, 5.74) is 0.935. The molecule has 1 aromatic carbocycles. The number of carbonyl (C=O) groups excluding carboxylic acids is 1. The third-order valence-electron chi connectivity index (χ3n) is 4.46. The van der Waals surface area contributed by atoms with E-state index in [0.717, 1.165) is 50.9 Å². The molecule has 2 fully saturated rings. The molecular formula is C16H21FN2O. The smallest absolute Gasteiger partial charge is 0.226 e. The predicted octanol–water partition coefficient (Wildman–Crippen LogP) is 2.49. The molecule has 1 N–H and O–H groups in total. The van der Waals surface area contributed by atoms with Crippen LogP contribution in [0.2, 0.25) is 0 Å². The molecule has 0 radical (unpaired) electrons. The van der Waals surface area contributed by atoms with Gasteiger partial charge in [-0.05, 0) is 56.5 Å². The Balaban J connectivity index is 1.76. The number of amides is 1. The highest BCUT2D eigenvalue weighted by molar-refractivity contribution is 5.79. The zero-order valence-electron chi connectivity index (χ0n) is 11.6. The lowest BCUT2D eigenvalue weighted by Gasteiger charge is -2.31. The minimum Gasteiger partial charge on any atom is -0.335 e. The van der Waals surface area contributed by atoms with E-state index in [1.54, 1.807) is 12.1 Å². The number of halogens is 1. The first-order valence-electron chi connectivity index (χ1n) is 7.52. The molecule has 1 unspecified atom stereocenters. The summed E-state index contributed by atoms with van der Waals surface area (Å²) in [4.78, 5) is 14.7. The highest BCUT2D eigenvalue weighted by Crippen LogP contribution is 2.34. The molecule has 4 heteroatoms. The van der Waals surface area contributed by atoms with Gasteiger partial charge in [0.15, 0.2) is 0 Å². The Bertz CT molecular complexity index is 485. The Kier molecular flexibility index (Phi) is 4.01. The van der Waals surface area contributed by atoms with Crippen LogP contribution in [0.25, 0.3) is 0 Å². The molecule has 0 bridgehead atoms. The Hall–Kier alpha value is -1.42. The number of rotatable bonds is 2. The maximum absolute atomic E-state index is 13.4. The van der Waals surface area contributed by atoms with Gasteiger partial charge >= 0.3 is 0 Å². The van der Waals surface area contributed by atoms with E-state index in [1.165, 1.54) is 6.07 Å². The molecule has 2 saturated heterocycles. The first kappa shape index (κ1) is 13.6. The second-order valence-corrected chi connectivity index (χ2v) is 5.77. The number of hydrogen-bond acceptors (Lipinski definition) is 2. The molecule has 2 heterocycles. The summed E-state index contributed by atoms with van der Waals surface area (Å²) in [7, 11) is 0. The molecule has 3 nitrogen and oxygen atoms in total. The standard InChI is InChI=1S/C16H21FN2O/c17-14-4-1-3-13(11-14)15-5-2-10-19(15)16(20)12-6-8-18-9-7-12/h1,3-4,11-12,15,18H,2,5-10H2. The number of piperidine rings is 1. The lowest BCUT2D eigenvalue weighted by atomic mass is 9.95. The fraction of sp³-hybridized carbons (Fsp3) is 0.562. The van der Waals surface area contributed by atoms with Crippen LogP contribution >= 0.6 is 0 Å². The van der Waals surface area contributed by atoms with Gasteiger partial charge in [-0.3, -0.25) is 4.79 Å². The highest BCUT2D eigenvalue weighted by Gasteiger charge is 2.34. The van der Waals surface area contributed by atoms with E-state index < -0.39 is 0 Å². The molecule has 0 aliphatic carbocycles. The SMILES string of the molecule is O=C(C1CCNCC1)N1CCCC1c1cccc(F)c1. The minimum atomic E-state index is -0.219. The van der Waals surface area contributed by atoms with E-state index in [-0.39, 0.29) is 23.7 Å². The monoisotopic (exact) mass is 276 g/mol. The van der Waals surface area contributed by atoms with Crippen LogP contribution in [0.5, 0.6) is 0 Å². The molecule has 3 rings (SSSR count). The van der Waals surface area contributed by atoms with Crippen LogP contribution in [-0.4, -0.2) is 30.4 Å². The number of carbonyl (C=O) groups is 1. The summed E-state index contributed by atoms with van der Waals surface area (Å²) >= 11 is 0. The second kappa shape index (κ2) is 5.92. The third kappa shape index (κ3) is 2.70. The van der Waals surface area contributed by atoms with Gasteiger partial charge in [0.25, 0.3) is 0 Å². The van der Waals surface area contributed by atoms with E-state index in [4.69, 9.17) is 0 Å². The first-order chi connectivity index (χ1) is 9.75. The summed E-state index contributed by atoms with van der Waals surface area (Å²) in [5.74, 6) is 0.187. The molecule has 0 aromatic heterocycles. The van der Waals surface area contributed by atoms with Crippen LogP contribution in [-0.2, 0) is 4.79 Å². The lowest BCUT2D eigenvalue weighted by molar-refractivity contribution is -0.137. The summed E-state index contributed by atoms with van der Waals surface area (Å²) in [6, 6.07) is 6.75. The fourth-order valence-corrected chi connectivity index (χ4v) is 3.39.